The van der Waals surface area contributed by atoms with Gasteiger partial charge in [0.1, 0.15) is 0 Å². The van der Waals surface area contributed by atoms with Gasteiger partial charge in [-0.05, 0) is 30.7 Å². The van der Waals surface area contributed by atoms with E-state index in [9.17, 15) is 9.59 Å². The molecule has 2 rings (SSSR count). The van der Waals surface area contributed by atoms with E-state index in [1.165, 1.54) is 4.90 Å². The molecule has 1 aromatic rings. The quantitative estimate of drug-likeness (QED) is 0.897. The zero-order chi connectivity index (χ0) is 12.6. The lowest BCUT2D eigenvalue weighted by molar-refractivity contribution is -0.139. The molecule has 2 unspecified atom stereocenters. The SMILES string of the molecule is CN(C(=O)C1CC1C(=O)O)c1ccc(Cl)cc1. The molecule has 1 amide bonds. The van der Waals surface area contributed by atoms with E-state index in [0.717, 1.165) is 5.69 Å². The van der Waals surface area contributed by atoms with Crippen LogP contribution in [-0.4, -0.2) is 24.0 Å². The zero-order valence-corrected chi connectivity index (χ0v) is 10.0. The van der Waals surface area contributed by atoms with Gasteiger partial charge in [-0.15, -0.1) is 0 Å². The monoisotopic (exact) mass is 253 g/mol. The number of benzene rings is 1. The number of aliphatic carboxylic acids is 1. The molecule has 1 aromatic carbocycles. The van der Waals surface area contributed by atoms with Gasteiger partial charge in [-0.2, -0.15) is 0 Å². The molecule has 0 heterocycles. The minimum absolute atomic E-state index is 0.153. The first-order valence-electron chi connectivity index (χ1n) is 5.26. The lowest BCUT2D eigenvalue weighted by Crippen LogP contribution is -2.28. The van der Waals surface area contributed by atoms with Crippen molar-refractivity contribution in [3.05, 3.63) is 29.3 Å². The van der Waals surface area contributed by atoms with Gasteiger partial charge < -0.3 is 10.0 Å². The Morgan fingerprint density at radius 1 is 1.29 bits per heavy atom. The van der Waals surface area contributed by atoms with E-state index in [1.807, 2.05) is 0 Å². The number of carboxylic acids is 1. The van der Waals surface area contributed by atoms with Crippen molar-refractivity contribution in [3.8, 4) is 0 Å². The summed E-state index contributed by atoms with van der Waals surface area (Å²) < 4.78 is 0. The summed E-state index contributed by atoms with van der Waals surface area (Å²) in [4.78, 5) is 24.1. The third kappa shape index (κ3) is 2.42. The fraction of sp³-hybridized carbons (Fsp3) is 0.333. The normalized spacial score (nSPS) is 22.0. The molecule has 90 valence electrons. The van der Waals surface area contributed by atoms with Crippen molar-refractivity contribution in [1.29, 1.82) is 0 Å². The molecule has 0 aromatic heterocycles. The number of halogens is 1. The first-order valence-corrected chi connectivity index (χ1v) is 5.64. The van der Waals surface area contributed by atoms with Crippen LogP contribution in [0.25, 0.3) is 0 Å². The first kappa shape index (κ1) is 11.9. The molecule has 0 aliphatic heterocycles. The van der Waals surface area contributed by atoms with Crippen molar-refractivity contribution >= 4 is 29.2 Å². The van der Waals surface area contributed by atoms with E-state index in [2.05, 4.69) is 0 Å². The molecule has 1 aliphatic carbocycles. The van der Waals surface area contributed by atoms with Crippen molar-refractivity contribution < 1.29 is 14.7 Å². The first-order chi connectivity index (χ1) is 8.00. The Hall–Kier alpha value is -1.55. The van der Waals surface area contributed by atoms with E-state index in [-0.39, 0.29) is 11.8 Å². The van der Waals surface area contributed by atoms with E-state index in [0.29, 0.717) is 11.4 Å². The Bertz CT molecular complexity index is 457. The molecule has 0 spiro atoms. The van der Waals surface area contributed by atoms with Crippen LogP contribution in [0, 0.1) is 11.8 Å². The Balaban J connectivity index is 2.06. The van der Waals surface area contributed by atoms with Gasteiger partial charge in [-0.1, -0.05) is 11.6 Å². The third-order valence-electron chi connectivity index (χ3n) is 2.97. The number of carboxylic acid groups (broad SMARTS) is 1. The second-order valence-electron chi connectivity index (χ2n) is 4.16. The number of rotatable bonds is 3. The van der Waals surface area contributed by atoms with Crippen LogP contribution in [0.4, 0.5) is 5.69 Å². The smallest absolute Gasteiger partial charge is 0.307 e. The minimum Gasteiger partial charge on any atom is -0.481 e. The van der Waals surface area contributed by atoms with E-state index < -0.39 is 11.9 Å². The fourth-order valence-electron chi connectivity index (χ4n) is 1.78. The van der Waals surface area contributed by atoms with E-state index >= 15 is 0 Å². The Morgan fingerprint density at radius 3 is 2.35 bits per heavy atom. The maximum absolute atomic E-state index is 11.9. The van der Waals surface area contributed by atoms with Gasteiger partial charge in [0.15, 0.2) is 0 Å². The van der Waals surface area contributed by atoms with Gasteiger partial charge in [0.25, 0.3) is 0 Å². The minimum atomic E-state index is -0.896. The second-order valence-corrected chi connectivity index (χ2v) is 4.60. The van der Waals surface area contributed by atoms with Gasteiger partial charge in [0, 0.05) is 17.8 Å². The summed E-state index contributed by atoms with van der Waals surface area (Å²) in [6, 6.07) is 6.86. The molecular formula is C12H12ClNO3. The summed E-state index contributed by atoms with van der Waals surface area (Å²) in [5.41, 5.74) is 0.718. The predicted molar refractivity (Wildman–Crippen MR) is 64.1 cm³/mol. The number of hydrogen-bond donors (Lipinski definition) is 1. The largest absolute Gasteiger partial charge is 0.481 e. The lowest BCUT2D eigenvalue weighted by Gasteiger charge is -2.17. The highest BCUT2D eigenvalue weighted by Gasteiger charge is 2.49. The summed E-state index contributed by atoms with van der Waals surface area (Å²) in [6.07, 6.45) is 0.437. The molecule has 4 nitrogen and oxygen atoms in total. The molecule has 2 atom stereocenters. The van der Waals surface area contributed by atoms with Gasteiger partial charge in [0.2, 0.25) is 5.91 Å². The summed E-state index contributed by atoms with van der Waals surface area (Å²) in [5.74, 6) is -1.95. The standard InChI is InChI=1S/C12H12ClNO3/c1-14(8-4-2-7(13)3-5-8)11(15)9-6-10(9)12(16)17/h2-5,9-10H,6H2,1H3,(H,16,17). The molecule has 5 heteroatoms. The van der Waals surface area contributed by atoms with E-state index in [1.54, 1.807) is 31.3 Å². The maximum atomic E-state index is 11.9. The van der Waals surface area contributed by atoms with Crippen molar-refractivity contribution in [2.24, 2.45) is 11.8 Å². The van der Waals surface area contributed by atoms with Crippen LogP contribution in [0.5, 0.6) is 0 Å². The summed E-state index contributed by atoms with van der Waals surface area (Å²) in [6.45, 7) is 0. The Morgan fingerprint density at radius 2 is 1.88 bits per heavy atom. The highest BCUT2D eigenvalue weighted by atomic mass is 35.5. The molecule has 0 bridgehead atoms. The van der Waals surface area contributed by atoms with Crippen LogP contribution in [0.2, 0.25) is 5.02 Å². The molecule has 17 heavy (non-hydrogen) atoms. The van der Waals surface area contributed by atoms with Gasteiger partial charge in [-0.3, -0.25) is 9.59 Å². The van der Waals surface area contributed by atoms with Crippen LogP contribution in [-0.2, 0) is 9.59 Å². The molecule has 1 N–H and O–H groups in total. The molecule has 1 fully saturated rings. The van der Waals surface area contributed by atoms with Crippen molar-refractivity contribution in [2.75, 3.05) is 11.9 Å². The highest BCUT2D eigenvalue weighted by molar-refractivity contribution is 6.30. The lowest BCUT2D eigenvalue weighted by atomic mass is 10.2. The van der Waals surface area contributed by atoms with Crippen molar-refractivity contribution in [2.45, 2.75) is 6.42 Å². The van der Waals surface area contributed by atoms with Crippen molar-refractivity contribution in [3.63, 3.8) is 0 Å². The Kier molecular flexibility index (Phi) is 3.07. The summed E-state index contributed by atoms with van der Waals surface area (Å²) in [5, 5.41) is 9.37. The van der Waals surface area contributed by atoms with E-state index in [4.69, 9.17) is 16.7 Å². The number of carbonyl (C=O) groups is 2. The van der Waals surface area contributed by atoms with Gasteiger partial charge in [-0.25, -0.2) is 0 Å². The molecule has 0 saturated heterocycles. The number of carbonyl (C=O) groups excluding carboxylic acids is 1. The average Bonchev–Trinajstić information content (AvgIpc) is 3.08. The van der Waals surface area contributed by atoms with Gasteiger partial charge >= 0.3 is 5.97 Å². The number of hydrogen-bond acceptors (Lipinski definition) is 2. The van der Waals surface area contributed by atoms with Crippen molar-refractivity contribution in [1.82, 2.24) is 0 Å². The highest BCUT2D eigenvalue weighted by Crippen LogP contribution is 2.40. The maximum Gasteiger partial charge on any atom is 0.307 e. The van der Waals surface area contributed by atoms with Crippen LogP contribution >= 0.6 is 11.6 Å². The van der Waals surface area contributed by atoms with Crippen LogP contribution in [0.1, 0.15) is 6.42 Å². The third-order valence-corrected chi connectivity index (χ3v) is 3.22. The number of amides is 1. The summed E-state index contributed by atoms with van der Waals surface area (Å²) in [7, 11) is 1.64. The van der Waals surface area contributed by atoms with Crippen LogP contribution in [0.15, 0.2) is 24.3 Å². The molecular weight excluding hydrogens is 242 g/mol. The van der Waals surface area contributed by atoms with Gasteiger partial charge in [0.05, 0.1) is 11.8 Å². The zero-order valence-electron chi connectivity index (χ0n) is 9.26. The average molecular weight is 254 g/mol. The number of anilines is 1. The van der Waals surface area contributed by atoms with Crippen LogP contribution < -0.4 is 4.90 Å². The Labute approximate surface area is 104 Å². The fourth-order valence-corrected chi connectivity index (χ4v) is 1.91. The predicted octanol–water partition coefficient (Wildman–Crippen LogP) is 2.02. The molecule has 0 radical (unpaired) electrons. The summed E-state index contributed by atoms with van der Waals surface area (Å²) >= 11 is 5.75. The van der Waals surface area contributed by atoms with Crippen LogP contribution in [0.3, 0.4) is 0 Å². The molecule has 1 aliphatic rings. The second kappa shape index (κ2) is 4.37. The number of nitrogens with zero attached hydrogens (tertiary/aromatic N) is 1. The molecule has 1 saturated carbocycles. The topological polar surface area (TPSA) is 57.6 Å².